The lowest BCUT2D eigenvalue weighted by Gasteiger charge is -2.12. The first-order chi connectivity index (χ1) is 25.9. The van der Waals surface area contributed by atoms with Crippen LogP contribution in [-0.4, -0.2) is 96.1 Å². The van der Waals surface area contributed by atoms with Gasteiger partial charge in [0, 0.05) is 64.6 Å². The number of unbranched alkanes of at least 4 members (excludes halogenated alkanes) is 12. The molecular formula is C40H70N2O12. The number of rotatable bonds is 40. The number of carbonyl (C=O) groups is 7. The molecule has 0 fully saturated rings. The minimum absolute atomic E-state index is 0.000541. The van der Waals surface area contributed by atoms with Gasteiger partial charge in [0.15, 0.2) is 0 Å². The SMILES string of the molecule is C[C@@H](CCCCNC(=O)CC[C@H](CC(=O)CCC(=O)NCCOCCOCCCC(=O)CCCCCCCCCCCCCCC(=O)O)C(=O)O)C(=O)O. The summed E-state index contributed by atoms with van der Waals surface area (Å²) >= 11 is 0. The molecule has 0 saturated heterocycles. The van der Waals surface area contributed by atoms with Crippen LogP contribution in [0.3, 0.4) is 0 Å². The van der Waals surface area contributed by atoms with Gasteiger partial charge in [0.25, 0.3) is 0 Å². The van der Waals surface area contributed by atoms with E-state index >= 15 is 0 Å². The molecule has 5 N–H and O–H groups in total. The minimum Gasteiger partial charge on any atom is -0.481 e. The second kappa shape index (κ2) is 35.3. The molecule has 0 spiro atoms. The third-order valence-electron chi connectivity index (χ3n) is 9.26. The molecule has 14 nitrogen and oxygen atoms in total. The number of carbonyl (C=O) groups excluding carboxylic acids is 4. The van der Waals surface area contributed by atoms with Crippen LogP contribution in [0.2, 0.25) is 0 Å². The van der Waals surface area contributed by atoms with E-state index in [9.17, 15) is 38.7 Å². The van der Waals surface area contributed by atoms with Crippen LogP contribution in [-0.2, 0) is 43.0 Å². The molecule has 0 aliphatic carbocycles. The molecule has 0 unspecified atom stereocenters. The molecule has 0 aromatic rings. The van der Waals surface area contributed by atoms with Crippen molar-refractivity contribution in [2.45, 2.75) is 161 Å². The summed E-state index contributed by atoms with van der Waals surface area (Å²) in [7, 11) is 0. The van der Waals surface area contributed by atoms with Crippen LogP contribution in [0.25, 0.3) is 0 Å². The Balaban J connectivity index is 3.66. The monoisotopic (exact) mass is 770 g/mol. The smallest absolute Gasteiger partial charge is 0.306 e. The van der Waals surface area contributed by atoms with Gasteiger partial charge in [0.05, 0.1) is 31.7 Å². The molecule has 14 heteroatoms. The van der Waals surface area contributed by atoms with Crippen LogP contribution in [0.4, 0.5) is 0 Å². The van der Waals surface area contributed by atoms with E-state index in [-0.39, 0.29) is 75.1 Å². The van der Waals surface area contributed by atoms with Gasteiger partial charge in [-0.2, -0.15) is 0 Å². The zero-order valence-corrected chi connectivity index (χ0v) is 32.9. The summed E-state index contributed by atoms with van der Waals surface area (Å²) in [5.74, 6) is -4.97. The van der Waals surface area contributed by atoms with Gasteiger partial charge < -0.3 is 35.4 Å². The number of ether oxygens (including phenoxy) is 2. The highest BCUT2D eigenvalue weighted by atomic mass is 16.5. The maximum absolute atomic E-state index is 12.3. The molecule has 0 rings (SSSR count). The third kappa shape index (κ3) is 34.4. The summed E-state index contributed by atoms with van der Waals surface area (Å²) in [6.45, 7) is 3.72. The fourth-order valence-corrected chi connectivity index (χ4v) is 5.80. The summed E-state index contributed by atoms with van der Waals surface area (Å²) in [6.07, 6.45) is 16.8. The predicted octanol–water partition coefficient (Wildman–Crippen LogP) is 6.26. The normalized spacial score (nSPS) is 12.2. The zero-order chi connectivity index (χ0) is 40.2. The lowest BCUT2D eigenvalue weighted by molar-refractivity contribution is -0.144. The molecule has 0 saturated carbocycles. The average Bonchev–Trinajstić information content (AvgIpc) is 3.12. The first-order valence-electron chi connectivity index (χ1n) is 20.3. The molecule has 54 heavy (non-hydrogen) atoms. The number of ketones is 2. The van der Waals surface area contributed by atoms with Crippen LogP contribution < -0.4 is 10.6 Å². The van der Waals surface area contributed by atoms with E-state index in [1.54, 1.807) is 6.92 Å². The summed E-state index contributed by atoms with van der Waals surface area (Å²) < 4.78 is 11.0. The van der Waals surface area contributed by atoms with Gasteiger partial charge in [-0.1, -0.05) is 77.6 Å². The number of Topliss-reactive ketones (excluding diaryl/α,β-unsaturated/α-hetero) is 2. The van der Waals surface area contributed by atoms with E-state index in [2.05, 4.69) is 10.6 Å². The first-order valence-corrected chi connectivity index (χ1v) is 20.3. The molecular weight excluding hydrogens is 700 g/mol. The van der Waals surface area contributed by atoms with E-state index in [0.29, 0.717) is 64.9 Å². The van der Waals surface area contributed by atoms with Crippen molar-refractivity contribution in [3.63, 3.8) is 0 Å². The highest BCUT2D eigenvalue weighted by Gasteiger charge is 2.22. The van der Waals surface area contributed by atoms with Crippen molar-refractivity contribution < 1.29 is 58.4 Å². The molecule has 0 bridgehead atoms. The van der Waals surface area contributed by atoms with Crippen molar-refractivity contribution >= 4 is 41.3 Å². The Kier molecular flexibility index (Phi) is 33.1. The van der Waals surface area contributed by atoms with E-state index < -0.39 is 29.7 Å². The standard InChI is InChI=1S/C40H70N2O12/c1-32(39(49)50)17-14-15-25-41-36(45)23-21-33(40(51)52)31-35(44)22-24-37(46)42-26-28-54-30-29-53-27-16-19-34(43)18-12-10-8-6-4-2-3-5-7-9-11-13-20-38(47)48/h32-33H,2-31H2,1H3,(H,41,45)(H,42,46)(H,47,48)(H,49,50)(H,51,52)/t32-,33+/m0/s1. The predicted molar refractivity (Wildman–Crippen MR) is 204 cm³/mol. The molecule has 0 radical (unpaired) electrons. The van der Waals surface area contributed by atoms with Crippen LogP contribution >= 0.6 is 0 Å². The largest absolute Gasteiger partial charge is 0.481 e. The number of amides is 2. The molecule has 0 aromatic carbocycles. The Labute approximate surface area is 322 Å². The molecule has 2 atom stereocenters. The van der Waals surface area contributed by atoms with Crippen molar-refractivity contribution in [1.29, 1.82) is 0 Å². The summed E-state index contributed by atoms with van der Waals surface area (Å²) in [5, 5.41) is 32.3. The van der Waals surface area contributed by atoms with Crippen molar-refractivity contribution in [2.75, 3.05) is 39.5 Å². The van der Waals surface area contributed by atoms with Gasteiger partial charge in [-0.25, -0.2) is 0 Å². The average molecular weight is 771 g/mol. The number of hydrogen-bond donors (Lipinski definition) is 5. The molecule has 0 aliphatic rings. The van der Waals surface area contributed by atoms with Gasteiger partial charge in [-0.05, 0) is 38.5 Å². The van der Waals surface area contributed by atoms with Gasteiger partial charge in [-0.3, -0.25) is 33.6 Å². The van der Waals surface area contributed by atoms with Crippen molar-refractivity contribution in [3.05, 3.63) is 0 Å². The second-order valence-electron chi connectivity index (χ2n) is 14.3. The number of hydrogen-bond acceptors (Lipinski definition) is 9. The van der Waals surface area contributed by atoms with Crippen LogP contribution in [0.1, 0.15) is 161 Å². The Bertz CT molecular complexity index is 1070. The van der Waals surface area contributed by atoms with E-state index in [1.807, 2.05) is 0 Å². The van der Waals surface area contributed by atoms with E-state index in [1.165, 1.54) is 38.5 Å². The topological polar surface area (TPSA) is 223 Å². The van der Waals surface area contributed by atoms with Gasteiger partial charge in [0.1, 0.15) is 11.6 Å². The minimum atomic E-state index is -1.17. The molecule has 312 valence electrons. The number of nitrogens with one attached hydrogen (secondary N) is 2. The lowest BCUT2D eigenvalue weighted by Crippen LogP contribution is -2.28. The maximum Gasteiger partial charge on any atom is 0.306 e. The summed E-state index contributed by atoms with van der Waals surface area (Å²) in [4.78, 5) is 81.5. The molecule has 2 amide bonds. The molecule has 0 aliphatic heterocycles. The van der Waals surface area contributed by atoms with Crippen molar-refractivity contribution in [3.8, 4) is 0 Å². The zero-order valence-electron chi connectivity index (χ0n) is 32.9. The van der Waals surface area contributed by atoms with Crippen molar-refractivity contribution in [2.24, 2.45) is 11.8 Å². The number of carboxylic acids is 3. The summed E-state index contributed by atoms with van der Waals surface area (Å²) in [5.41, 5.74) is 0. The van der Waals surface area contributed by atoms with Crippen molar-refractivity contribution in [1.82, 2.24) is 10.6 Å². The van der Waals surface area contributed by atoms with Gasteiger partial charge in [0.2, 0.25) is 11.8 Å². The molecule has 0 heterocycles. The Hall–Kier alpha value is -3.39. The van der Waals surface area contributed by atoms with Gasteiger partial charge in [-0.15, -0.1) is 0 Å². The fraction of sp³-hybridized carbons (Fsp3) is 0.825. The first kappa shape index (κ1) is 50.6. The van der Waals surface area contributed by atoms with Crippen LogP contribution in [0, 0.1) is 11.8 Å². The van der Waals surface area contributed by atoms with Gasteiger partial charge >= 0.3 is 17.9 Å². The Morgan fingerprint density at radius 2 is 0.981 bits per heavy atom. The highest BCUT2D eigenvalue weighted by Crippen LogP contribution is 2.16. The van der Waals surface area contributed by atoms with E-state index in [0.717, 1.165) is 38.5 Å². The molecule has 0 aromatic heterocycles. The number of aliphatic carboxylic acids is 3. The van der Waals surface area contributed by atoms with Crippen LogP contribution in [0.5, 0.6) is 0 Å². The number of carboxylic acid groups (broad SMARTS) is 3. The van der Waals surface area contributed by atoms with Crippen LogP contribution in [0.15, 0.2) is 0 Å². The third-order valence-corrected chi connectivity index (χ3v) is 9.26. The van der Waals surface area contributed by atoms with E-state index in [4.69, 9.17) is 19.7 Å². The lowest BCUT2D eigenvalue weighted by atomic mass is 9.95. The fourth-order valence-electron chi connectivity index (χ4n) is 5.80. The Morgan fingerprint density at radius 3 is 1.56 bits per heavy atom. The Morgan fingerprint density at radius 1 is 0.463 bits per heavy atom. The summed E-state index contributed by atoms with van der Waals surface area (Å²) in [6, 6.07) is 0. The highest BCUT2D eigenvalue weighted by molar-refractivity contribution is 5.87. The quantitative estimate of drug-likeness (QED) is 0.0436. The second-order valence-corrected chi connectivity index (χ2v) is 14.3. The maximum atomic E-state index is 12.3.